The molecule has 1 aliphatic carbocycles. The zero-order chi connectivity index (χ0) is 18.2. The highest BCUT2D eigenvalue weighted by molar-refractivity contribution is 7.11. The molecule has 3 aromatic rings. The molecule has 0 aromatic carbocycles. The Morgan fingerprint density at radius 1 is 1.15 bits per heavy atom. The highest BCUT2D eigenvalue weighted by atomic mass is 32.1. The zero-order valence-corrected chi connectivity index (χ0v) is 16.4. The number of thiazole rings is 1. The summed E-state index contributed by atoms with van der Waals surface area (Å²) in [6.45, 7) is 3.11. The standard InChI is InChI=1S/C19H24N6OS/c1-26-17-7-6-16-21-22-19(25(16)23-17)13-8-10-24(11-9-13)12-18-20-14-4-2-3-5-15(14)27-18/h6-7,13H,2-5,8-12H2,1H3. The molecule has 0 spiro atoms. The van der Waals surface area contributed by atoms with E-state index < -0.39 is 0 Å². The van der Waals surface area contributed by atoms with E-state index >= 15 is 0 Å². The van der Waals surface area contributed by atoms with Gasteiger partial charge >= 0.3 is 0 Å². The average Bonchev–Trinajstić information content (AvgIpc) is 3.31. The summed E-state index contributed by atoms with van der Waals surface area (Å²) < 4.78 is 7.09. The van der Waals surface area contributed by atoms with Crippen molar-refractivity contribution in [2.75, 3.05) is 20.2 Å². The van der Waals surface area contributed by atoms with Crippen LogP contribution >= 0.6 is 11.3 Å². The van der Waals surface area contributed by atoms with Crippen LogP contribution in [-0.4, -0.2) is 49.9 Å². The van der Waals surface area contributed by atoms with Crippen LogP contribution in [0.25, 0.3) is 5.65 Å². The topological polar surface area (TPSA) is 68.4 Å². The first-order valence-electron chi connectivity index (χ1n) is 9.76. The van der Waals surface area contributed by atoms with Gasteiger partial charge in [0.2, 0.25) is 5.88 Å². The molecule has 5 rings (SSSR count). The Bertz CT molecular complexity index is 919. The SMILES string of the molecule is COc1ccc2nnc(C3CCN(Cc4nc5c(s4)CCCC5)CC3)n2n1. The molecule has 3 aromatic heterocycles. The van der Waals surface area contributed by atoms with E-state index in [-0.39, 0.29) is 0 Å². The first kappa shape index (κ1) is 17.1. The first-order chi connectivity index (χ1) is 13.3. The van der Waals surface area contributed by atoms with Crippen molar-refractivity contribution in [3.63, 3.8) is 0 Å². The van der Waals surface area contributed by atoms with Crippen LogP contribution in [0.4, 0.5) is 0 Å². The van der Waals surface area contributed by atoms with Crippen LogP contribution in [-0.2, 0) is 19.4 Å². The number of nitrogens with zero attached hydrogens (tertiary/aromatic N) is 6. The third-order valence-corrected chi connectivity index (χ3v) is 6.82. The molecule has 0 atom stereocenters. The van der Waals surface area contributed by atoms with Gasteiger partial charge in [0.1, 0.15) is 5.01 Å². The lowest BCUT2D eigenvalue weighted by molar-refractivity contribution is 0.200. The highest BCUT2D eigenvalue weighted by Gasteiger charge is 2.26. The van der Waals surface area contributed by atoms with Crippen LogP contribution < -0.4 is 4.74 Å². The van der Waals surface area contributed by atoms with Gasteiger partial charge in [0.25, 0.3) is 0 Å². The average molecular weight is 385 g/mol. The smallest absolute Gasteiger partial charge is 0.231 e. The van der Waals surface area contributed by atoms with E-state index in [1.165, 1.54) is 41.3 Å². The molecule has 8 heteroatoms. The number of likely N-dealkylation sites (tertiary alicyclic amines) is 1. The van der Waals surface area contributed by atoms with Gasteiger partial charge in [-0.1, -0.05) is 0 Å². The zero-order valence-electron chi connectivity index (χ0n) is 15.6. The van der Waals surface area contributed by atoms with Gasteiger partial charge in [0, 0.05) is 16.9 Å². The van der Waals surface area contributed by atoms with E-state index in [1.54, 1.807) is 7.11 Å². The number of fused-ring (bicyclic) bond motifs is 2. The number of hydrogen-bond donors (Lipinski definition) is 0. The van der Waals surface area contributed by atoms with Crippen molar-refractivity contribution < 1.29 is 4.74 Å². The molecule has 0 bridgehead atoms. The number of aryl methyl sites for hydroxylation is 2. The second kappa shape index (κ2) is 7.16. The Hall–Kier alpha value is -2.06. The molecular weight excluding hydrogens is 360 g/mol. The van der Waals surface area contributed by atoms with Crippen LogP contribution in [0.1, 0.15) is 53.0 Å². The molecule has 0 N–H and O–H groups in total. The minimum absolute atomic E-state index is 0.389. The fourth-order valence-electron chi connectivity index (χ4n) is 4.17. The molecule has 142 valence electrons. The van der Waals surface area contributed by atoms with Gasteiger partial charge in [0.15, 0.2) is 11.5 Å². The number of hydrogen-bond acceptors (Lipinski definition) is 7. The van der Waals surface area contributed by atoms with Crippen molar-refractivity contribution in [3.8, 4) is 5.88 Å². The van der Waals surface area contributed by atoms with E-state index in [9.17, 15) is 0 Å². The predicted molar refractivity (Wildman–Crippen MR) is 103 cm³/mol. The van der Waals surface area contributed by atoms with Crippen molar-refractivity contribution in [1.82, 2.24) is 29.7 Å². The Balaban J connectivity index is 1.26. The van der Waals surface area contributed by atoms with Crippen LogP contribution in [0.5, 0.6) is 5.88 Å². The maximum absolute atomic E-state index is 5.25. The second-order valence-electron chi connectivity index (χ2n) is 7.44. The van der Waals surface area contributed by atoms with Gasteiger partial charge in [-0.25, -0.2) is 4.98 Å². The molecular formula is C19H24N6OS. The van der Waals surface area contributed by atoms with Gasteiger partial charge in [-0.3, -0.25) is 4.90 Å². The molecule has 2 aliphatic rings. The maximum atomic E-state index is 5.25. The minimum atomic E-state index is 0.389. The molecule has 27 heavy (non-hydrogen) atoms. The van der Waals surface area contributed by atoms with Gasteiger partial charge in [-0.15, -0.1) is 26.6 Å². The van der Waals surface area contributed by atoms with Crippen LogP contribution in [0, 0.1) is 0 Å². The summed E-state index contributed by atoms with van der Waals surface area (Å²) in [5.74, 6) is 1.93. The Kier molecular flexibility index (Phi) is 4.53. The third-order valence-electron chi connectivity index (χ3n) is 5.67. The molecule has 1 fully saturated rings. The number of piperidine rings is 1. The van der Waals surface area contributed by atoms with Crippen LogP contribution in [0.3, 0.4) is 0 Å². The van der Waals surface area contributed by atoms with Gasteiger partial charge in [-0.05, 0) is 57.7 Å². The summed E-state index contributed by atoms with van der Waals surface area (Å²) in [5.41, 5.74) is 2.15. The third kappa shape index (κ3) is 3.32. The minimum Gasteiger partial charge on any atom is -0.480 e. The second-order valence-corrected chi connectivity index (χ2v) is 8.61. The summed E-state index contributed by atoms with van der Waals surface area (Å²) in [7, 11) is 1.63. The van der Waals surface area contributed by atoms with E-state index in [2.05, 4.69) is 20.2 Å². The molecule has 0 radical (unpaired) electrons. The van der Waals surface area contributed by atoms with Crippen molar-refractivity contribution in [2.24, 2.45) is 0 Å². The molecule has 0 amide bonds. The summed E-state index contributed by atoms with van der Waals surface area (Å²) in [5, 5.41) is 14.5. The van der Waals surface area contributed by atoms with Crippen molar-refractivity contribution in [1.29, 1.82) is 0 Å². The lowest BCUT2D eigenvalue weighted by atomic mass is 9.96. The fraction of sp³-hybridized carbons (Fsp3) is 0.579. The maximum Gasteiger partial charge on any atom is 0.231 e. The quantitative estimate of drug-likeness (QED) is 0.689. The van der Waals surface area contributed by atoms with E-state index in [0.717, 1.165) is 43.9 Å². The number of ether oxygens (including phenoxy) is 1. The van der Waals surface area contributed by atoms with E-state index in [0.29, 0.717) is 11.8 Å². The van der Waals surface area contributed by atoms with E-state index in [4.69, 9.17) is 9.72 Å². The normalized spacial score (nSPS) is 18.7. The van der Waals surface area contributed by atoms with Gasteiger partial charge < -0.3 is 4.74 Å². The predicted octanol–water partition coefficient (Wildman–Crippen LogP) is 2.85. The van der Waals surface area contributed by atoms with Crippen molar-refractivity contribution in [3.05, 3.63) is 33.5 Å². The molecule has 1 aliphatic heterocycles. The Morgan fingerprint density at radius 3 is 2.81 bits per heavy atom. The number of aromatic nitrogens is 5. The van der Waals surface area contributed by atoms with Gasteiger partial charge in [-0.2, -0.15) is 4.52 Å². The highest BCUT2D eigenvalue weighted by Crippen LogP contribution is 2.30. The molecule has 1 saturated heterocycles. The lowest BCUT2D eigenvalue weighted by Gasteiger charge is -2.30. The first-order valence-corrected chi connectivity index (χ1v) is 10.6. The fourth-order valence-corrected chi connectivity index (χ4v) is 5.37. The summed E-state index contributed by atoms with van der Waals surface area (Å²) in [6.07, 6.45) is 7.17. The summed E-state index contributed by atoms with van der Waals surface area (Å²) in [4.78, 5) is 8.95. The molecule has 4 heterocycles. The van der Waals surface area contributed by atoms with Gasteiger partial charge in [0.05, 0.1) is 19.3 Å². The van der Waals surface area contributed by atoms with Crippen LogP contribution in [0.15, 0.2) is 12.1 Å². The summed E-state index contributed by atoms with van der Waals surface area (Å²) >= 11 is 1.93. The largest absolute Gasteiger partial charge is 0.480 e. The van der Waals surface area contributed by atoms with Crippen molar-refractivity contribution in [2.45, 2.75) is 51.0 Å². The summed E-state index contributed by atoms with van der Waals surface area (Å²) in [6, 6.07) is 3.73. The number of methoxy groups -OCH3 is 1. The van der Waals surface area contributed by atoms with Crippen molar-refractivity contribution >= 4 is 17.0 Å². The van der Waals surface area contributed by atoms with E-state index in [1.807, 2.05) is 28.0 Å². The molecule has 7 nitrogen and oxygen atoms in total. The molecule has 0 saturated carbocycles. The van der Waals surface area contributed by atoms with Crippen LogP contribution in [0.2, 0.25) is 0 Å². The Morgan fingerprint density at radius 2 is 2.00 bits per heavy atom. The lowest BCUT2D eigenvalue weighted by Crippen LogP contribution is -2.33. The Labute approximate surface area is 162 Å². The number of rotatable bonds is 4. The monoisotopic (exact) mass is 384 g/mol. The molecule has 0 unspecified atom stereocenters.